The Labute approximate surface area is 107 Å². The molecule has 1 aromatic rings. The van der Waals surface area contributed by atoms with E-state index in [9.17, 15) is 0 Å². The molecule has 0 radical (unpaired) electrons. The maximum absolute atomic E-state index is 5.99. The summed E-state index contributed by atoms with van der Waals surface area (Å²) in [5, 5.41) is 0.773. The van der Waals surface area contributed by atoms with Crippen molar-refractivity contribution in [3.05, 3.63) is 34.3 Å². The SMILES string of the molecule is Cc1cc(Cl)ccc1C1C(CN)OCCN1C. The molecule has 0 aliphatic carbocycles. The van der Waals surface area contributed by atoms with Crippen LogP contribution in [0.1, 0.15) is 17.2 Å². The highest BCUT2D eigenvalue weighted by molar-refractivity contribution is 6.30. The maximum atomic E-state index is 5.99. The number of nitrogens with zero attached hydrogens (tertiary/aromatic N) is 1. The van der Waals surface area contributed by atoms with Crippen LogP contribution < -0.4 is 5.73 Å². The van der Waals surface area contributed by atoms with Crippen molar-refractivity contribution >= 4 is 11.6 Å². The number of likely N-dealkylation sites (N-methyl/N-ethyl adjacent to an activating group) is 1. The summed E-state index contributed by atoms with van der Waals surface area (Å²) in [6.45, 7) is 4.30. The Balaban J connectivity index is 2.34. The molecule has 0 spiro atoms. The van der Waals surface area contributed by atoms with Crippen molar-refractivity contribution in [1.29, 1.82) is 0 Å². The van der Waals surface area contributed by atoms with E-state index >= 15 is 0 Å². The first kappa shape index (κ1) is 12.8. The van der Waals surface area contributed by atoms with Crippen LogP contribution in [0.25, 0.3) is 0 Å². The second kappa shape index (κ2) is 5.36. The number of ether oxygens (including phenoxy) is 1. The van der Waals surface area contributed by atoms with Crippen molar-refractivity contribution < 1.29 is 4.74 Å². The number of hydrogen-bond donors (Lipinski definition) is 1. The third kappa shape index (κ3) is 2.63. The summed E-state index contributed by atoms with van der Waals surface area (Å²) in [5.41, 5.74) is 8.24. The van der Waals surface area contributed by atoms with Crippen molar-refractivity contribution in [3.63, 3.8) is 0 Å². The zero-order chi connectivity index (χ0) is 12.4. The Morgan fingerprint density at radius 3 is 2.94 bits per heavy atom. The molecular formula is C13H19ClN2O. The van der Waals surface area contributed by atoms with E-state index in [2.05, 4.69) is 24.9 Å². The lowest BCUT2D eigenvalue weighted by atomic mass is 9.94. The van der Waals surface area contributed by atoms with Crippen molar-refractivity contribution in [2.75, 3.05) is 26.7 Å². The lowest BCUT2D eigenvalue weighted by Crippen LogP contribution is -2.46. The van der Waals surface area contributed by atoms with Crippen LogP contribution in [0.3, 0.4) is 0 Å². The second-order valence-electron chi connectivity index (χ2n) is 4.57. The summed E-state index contributed by atoms with van der Waals surface area (Å²) in [5.74, 6) is 0. The van der Waals surface area contributed by atoms with Gasteiger partial charge >= 0.3 is 0 Å². The maximum Gasteiger partial charge on any atom is 0.0894 e. The van der Waals surface area contributed by atoms with Crippen LogP contribution in [0.5, 0.6) is 0 Å². The molecule has 94 valence electrons. The van der Waals surface area contributed by atoms with E-state index in [4.69, 9.17) is 22.1 Å². The summed E-state index contributed by atoms with van der Waals surface area (Å²) in [7, 11) is 2.11. The van der Waals surface area contributed by atoms with E-state index in [-0.39, 0.29) is 12.1 Å². The zero-order valence-corrected chi connectivity index (χ0v) is 11.1. The minimum atomic E-state index is 0.0635. The minimum Gasteiger partial charge on any atom is -0.374 e. The third-order valence-corrected chi connectivity index (χ3v) is 3.62. The van der Waals surface area contributed by atoms with Gasteiger partial charge in [0.2, 0.25) is 0 Å². The summed E-state index contributed by atoms with van der Waals surface area (Å²) in [6.07, 6.45) is 0.0635. The molecule has 0 amide bonds. The predicted octanol–water partition coefficient (Wildman–Crippen LogP) is 1.98. The fourth-order valence-electron chi connectivity index (χ4n) is 2.47. The number of morpholine rings is 1. The zero-order valence-electron chi connectivity index (χ0n) is 10.3. The lowest BCUT2D eigenvalue weighted by Gasteiger charge is -2.39. The fourth-order valence-corrected chi connectivity index (χ4v) is 2.69. The molecule has 4 heteroatoms. The molecule has 2 unspecified atom stereocenters. The number of benzene rings is 1. The van der Waals surface area contributed by atoms with Gasteiger partial charge in [0.05, 0.1) is 18.8 Å². The lowest BCUT2D eigenvalue weighted by molar-refractivity contribution is -0.0578. The smallest absolute Gasteiger partial charge is 0.0894 e. The molecule has 0 bridgehead atoms. The molecule has 1 aromatic carbocycles. The van der Waals surface area contributed by atoms with Crippen LogP contribution in [0.15, 0.2) is 18.2 Å². The van der Waals surface area contributed by atoms with Crippen LogP contribution in [0, 0.1) is 6.92 Å². The van der Waals surface area contributed by atoms with E-state index in [1.807, 2.05) is 12.1 Å². The Morgan fingerprint density at radius 1 is 1.53 bits per heavy atom. The van der Waals surface area contributed by atoms with Gasteiger partial charge in [0.1, 0.15) is 0 Å². The first-order chi connectivity index (χ1) is 8.13. The van der Waals surface area contributed by atoms with E-state index in [0.29, 0.717) is 6.54 Å². The van der Waals surface area contributed by atoms with Gasteiger partial charge in [0.25, 0.3) is 0 Å². The largest absolute Gasteiger partial charge is 0.374 e. The van der Waals surface area contributed by atoms with Crippen LogP contribution >= 0.6 is 11.6 Å². The average Bonchev–Trinajstić information content (AvgIpc) is 2.30. The number of hydrogen-bond acceptors (Lipinski definition) is 3. The molecule has 1 aliphatic heterocycles. The van der Waals surface area contributed by atoms with Crippen LogP contribution in [-0.4, -0.2) is 37.7 Å². The Kier molecular flexibility index (Phi) is 4.05. The van der Waals surface area contributed by atoms with Crippen molar-refractivity contribution in [2.24, 2.45) is 5.73 Å². The molecule has 1 saturated heterocycles. The topological polar surface area (TPSA) is 38.5 Å². The van der Waals surface area contributed by atoms with E-state index in [1.165, 1.54) is 11.1 Å². The molecule has 3 nitrogen and oxygen atoms in total. The van der Waals surface area contributed by atoms with Gasteiger partial charge in [-0.3, -0.25) is 4.90 Å². The van der Waals surface area contributed by atoms with E-state index < -0.39 is 0 Å². The molecule has 17 heavy (non-hydrogen) atoms. The highest BCUT2D eigenvalue weighted by Gasteiger charge is 2.31. The summed E-state index contributed by atoms with van der Waals surface area (Å²) >= 11 is 5.99. The van der Waals surface area contributed by atoms with Gasteiger partial charge in [-0.15, -0.1) is 0 Å². The van der Waals surface area contributed by atoms with Gasteiger partial charge in [-0.05, 0) is 37.2 Å². The monoisotopic (exact) mass is 254 g/mol. The standard InChI is InChI=1S/C13H19ClN2O/c1-9-7-10(14)3-4-11(9)13-12(8-15)17-6-5-16(13)2/h3-4,7,12-13H,5-6,8,15H2,1-2H3. The van der Waals surface area contributed by atoms with E-state index in [0.717, 1.165) is 18.2 Å². The second-order valence-corrected chi connectivity index (χ2v) is 5.01. The van der Waals surface area contributed by atoms with Crippen LogP contribution in [-0.2, 0) is 4.74 Å². The number of nitrogens with two attached hydrogens (primary N) is 1. The minimum absolute atomic E-state index is 0.0635. The van der Waals surface area contributed by atoms with Gasteiger partial charge in [-0.1, -0.05) is 17.7 Å². The van der Waals surface area contributed by atoms with Gasteiger partial charge < -0.3 is 10.5 Å². The first-order valence-corrected chi connectivity index (χ1v) is 6.29. The molecule has 1 fully saturated rings. The van der Waals surface area contributed by atoms with Crippen LogP contribution in [0.2, 0.25) is 5.02 Å². The van der Waals surface area contributed by atoms with Crippen molar-refractivity contribution in [2.45, 2.75) is 19.1 Å². The molecule has 2 atom stereocenters. The van der Waals surface area contributed by atoms with Crippen molar-refractivity contribution in [3.8, 4) is 0 Å². The molecule has 0 saturated carbocycles. The first-order valence-electron chi connectivity index (χ1n) is 5.91. The number of rotatable bonds is 2. The van der Waals surface area contributed by atoms with Gasteiger partial charge in [0.15, 0.2) is 0 Å². The fraction of sp³-hybridized carbons (Fsp3) is 0.538. The van der Waals surface area contributed by atoms with Gasteiger partial charge in [-0.25, -0.2) is 0 Å². The van der Waals surface area contributed by atoms with Crippen molar-refractivity contribution in [1.82, 2.24) is 4.90 Å². The van der Waals surface area contributed by atoms with Crippen LogP contribution in [0.4, 0.5) is 0 Å². The number of halogens is 1. The van der Waals surface area contributed by atoms with Gasteiger partial charge in [-0.2, -0.15) is 0 Å². The molecule has 1 heterocycles. The molecular weight excluding hydrogens is 236 g/mol. The molecule has 2 N–H and O–H groups in total. The summed E-state index contributed by atoms with van der Waals surface area (Å²) in [6, 6.07) is 6.23. The molecule has 2 rings (SSSR count). The van der Waals surface area contributed by atoms with Gasteiger partial charge in [0, 0.05) is 18.1 Å². The quantitative estimate of drug-likeness (QED) is 0.877. The number of aryl methyl sites for hydroxylation is 1. The summed E-state index contributed by atoms with van der Waals surface area (Å²) in [4.78, 5) is 2.30. The Morgan fingerprint density at radius 2 is 2.29 bits per heavy atom. The highest BCUT2D eigenvalue weighted by Crippen LogP contribution is 2.31. The van der Waals surface area contributed by atoms with E-state index in [1.54, 1.807) is 0 Å². The molecule has 0 aromatic heterocycles. The third-order valence-electron chi connectivity index (χ3n) is 3.39. The highest BCUT2D eigenvalue weighted by atomic mass is 35.5. The predicted molar refractivity (Wildman–Crippen MR) is 70.4 cm³/mol. The molecule has 1 aliphatic rings. The average molecular weight is 255 g/mol. The Hall–Kier alpha value is -0.610. The Bertz CT molecular complexity index is 397. The summed E-state index contributed by atoms with van der Waals surface area (Å²) < 4.78 is 5.75. The normalized spacial score (nSPS) is 26.1.